The number of hydrogen-bond acceptors (Lipinski definition) is 5. The average molecular weight is 452 g/mol. The van der Waals surface area contributed by atoms with Crippen LogP contribution in [0.15, 0.2) is 71.7 Å². The molecule has 4 aromatic rings. The highest BCUT2D eigenvalue weighted by Gasteiger charge is 2.16. The van der Waals surface area contributed by atoms with Gasteiger partial charge in [-0.05, 0) is 35.4 Å². The largest absolute Gasteiger partial charge is 0.469 e. The van der Waals surface area contributed by atoms with E-state index >= 15 is 0 Å². The summed E-state index contributed by atoms with van der Waals surface area (Å²) in [5.41, 5.74) is 9.70. The Labute approximate surface area is 190 Å². The molecule has 0 aliphatic carbocycles. The van der Waals surface area contributed by atoms with Gasteiger partial charge < -0.3 is 10.5 Å². The molecule has 0 fully saturated rings. The number of nitrogens with two attached hydrogens (primary N) is 1. The number of halogens is 1. The topological polar surface area (TPSA) is 116 Å². The molecule has 164 valence electrons. The SMILES string of the molecule is COC(=O)CCn1c(=O)n(-c2ccc(-c3ccc(C(=N)N)cc3)cc2)c2ncccc21.Cl. The van der Waals surface area contributed by atoms with Gasteiger partial charge in [-0.2, -0.15) is 0 Å². The number of ether oxygens (including phenoxy) is 1. The van der Waals surface area contributed by atoms with Crippen molar-refractivity contribution in [1.82, 2.24) is 14.1 Å². The number of hydrogen-bond donors (Lipinski definition) is 2. The maximum Gasteiger partial charge on any atom is 0.334 e. The monoisotopic (exact) mass is 451 g/mol. The number of nitrogens with zero attached hydrogens (tertiary/aromatic N) is 3. The maximum atomic E-state index is 13.1. The Morgan fingerprint density at radius 3 is 2.28 bits per heavy atom. The molecule has 0 saturated heterocycles. The lowest BCUT2D eigenvalue weighted by molar-refractivity contribution is -0.140. The molecule has 2 heterocycles. The fourth-order valence-electron chi connectivity index (χ4n) is 3.48. The van der Waals surface area contributed by atoms with Crippen molar-refractivity contribution in [2.24, 2.45) is 5.73 Å². The Morgan fingerprint density at radius 1 is 1.06 bits per heavy atom. The lowest BCUT2D eigenvalue weighted by Gasteiger charge is -2.06. The molecule has 0 atom stereocenters. The first-order valence-electron chi connectivity index (χ1n) is 9.68. The highest BCUT2D eigenvalue weighted by molar-refractivity contribution is 5.95. The number of carbonyl (C=O) groups is 1. The number of nitrogens with one attached hydrogen (secondary N) is 1. The normalized spacial score (nSPS) is 10.5. The number of fused-ring (bicyclic) bond motifs is 1. The third-order valence-corrected chi connectivity index (χ3v) is 5.11. The number of rotatable bonds is 6. The molecule has 9 heteroatoms. The second-order valence-corrected chi connectivity index (χ2v) is 6.98. The molecule has 0 spiro atoms. The number of benzene rings is 2. The van der Waals surface area contributed by atoms with E-state index in [0.29, 0.717) is 22.4 Å². The smallest absolute Gasteiger partial charge is 0.334 e. The summed E-state index contributed by atoms with van der Waals surface area (Å²) in [7, 11) is 1.32. The van der Waals surface area contributed by atoms with Crippen molar-refractivity contribution in [2.45, 2.75) is 13.0 Å². The number of methoxy groups -OCH3 is 1. The fraction of sp³-hybridized carbons (Fsp3) is 0.130. The summed E-state index contributed by atoms with van der Waals surface area (Å²) in [5.74, 6) is -0.353. The molecule has 0 unspecified atom stereocenters. The molecule has 0 aliphatic rings. The Kier molecular flexibility index (Phi) is 6.75. The summed E-state index contributed by atoms with van der Waals surface area (Å²) in [6.45, 7) is 0.210. The van der Waals surface area contributed by atoms with E-state index in [9.17, 15) is 9.59 Å². The van der Waals surface area contributed by atoms with Crippen molar-refractivity contribution in [3.8, 4) is 16.8 Å². The van der Waals surface area contributed by atoms with Crippen molar-refractivity contribution in [3.05, 3.63) is 82.9 Å². The molecule has 2 aromatic heterocycles. The first kappa shape index (κ1) is 22.8. The van der Waals surface area contributed by atoms with Crippen LogP contribution in [0.3, 0.4) is 0 Å². The minimum atomic E-state index is -0.378. The predicted octanol–water partition coefficient (Wildman–Crippen LogP) is 3.12. The van der Waals surface area contributed by atoms with Gasteiger partial charge in [0, 0.05) is 18.3 Å². The lowest BCUT2D eigenvalue weighted by Crippen LogP contribution is -2.24. The van der Waals surface area contributed by atoms with Gasteiger partial charge in [0.05, 0.1) is 24.7 Å². The summed E-state index contributed by atoms with van der Waals surface area (Å²) in [6, 6.07) is 18.5. The van der Waals surface area contributed by atoms with E-state index in [4.69, 9.17) is 15.9 Å². The molecular formula is C23H22ClN5O3. The average Bonchev–Trinajstić information content (AvgIpc) is 3.08. The van der Waals surface area contributed by atoms with Gasteiger partial charge in [-0.3, -0.25) is 14.8 Å². The zero-order valence-electron chi connectivity index (χ0n) is 17.3. The van der Waals surface area contributed by atoms with Gasteiger partial charge in [0.15, 0.2) is 5.65 Å². The first-order valence-corrected chi connectivity index (χ1v) is 9.68. The van der Waals surface area contributed by atoms with E-state index in [0.717, 1.165) is 11.1 Å². The van der Waals surface area contributed by atoms with Crippen LogP contribution in [0.1, 0.15) is 12.0 Å². The molecule has 0 bridgehead atoms. The van der Waals surface area contributed by atoms with Gasteiger partial charge in [-0.25, -0.2) is 14.3 Å². The second-order valence-electron chi connectivity index (χ2n) is 6.98. The zero-order chi connectivity index (χ0) is 22.0. The van der Waals surface area contributed by atoms with Gasteiger partial charge in [-0.15, -0.1) is 12.4 Å². The minimum absolute atomic E-state index is 0. The number of aromatic nitrogens is 3. The van der Waals surface area contributed by atoms with Crippen molar-refractivity contribution in [3.63, 3.8) is 0 Å². The maximum absolute atomic E-state index is 13.1. The van der Waals surface area contributed by atoms with Crippen LogP contribution >= 0.6 is 12.4 Å². The van der Waals surface area contributed by atoms with Gasteiger partial charge >= 0.3 is 11.7 Å². The highest BCUT2D eigenvalue weighted by atomic mass is 35.5. The van der Waals surface area contributed by atoms with Crippen LogP contribution in [0, 0.1) is 5.41 Å². The standard InChI is InChI=1S/C23H21N5O3.ClH/c1-31-20(29)12-14-27-19-3-2-13-26-22(19)28(23(27)30)18-10-8-16(9-11-18)15-4-6-17(7-5-15)21(24)25;/h2-11,13H,12,14H2,1H3,(H3,24,25);1H. The number of pyridine rings is 1. The molecule has 32 heavy (non-hydrogen) atoms. The first-order chi connectivity index (χ1) is 15.0. The van der Waals surface area contributed by atoms with Crippen LogP contribution in [0.5, 0.6) is 0 Å². The summed E-state index contributed by atoms with van der Waals surface area (Å²) in [5, 5.41) is 7.50. The Bertz CT molecular complexity index is 1320. The molecule has 3 N–H and O–H groups in total. The fourth-order valence-corrected chi connectivity index (χ4v) is 3.48. The van der Waals surface area contributed by atoms with Crippen molar-refractivity contribution >= 4 is 35.4 Å². The van der Waals surface area contributed by atoms with E-state index < -0.39 is 0 Å². The molecule has 8 nitrogen and oxygen atoms in total. The zero-order valence-corrected chi connectivity index (χ0v) is 18.1. The predicted molar refractivity (Wildman–Crippen MR) is 126 cm³/mol. The summed E-state index contributed by atoms with van der Waals surface area (Å²) < 4.78 is 7.77. The Balaban J connectivity index is 0.00000289. The third-order valence-electron chi connectivity index (χ3n) is 5.11. The number of carbonyl (C=O) groups excluding carboxylic acids is 1. The van der Waals surface area contributed by atoms with E-state index in [-0.39, 0.29) is 42.9 Å². The number of aryl methyl sites for hydroxylation is 1. The van der Waals surface area contributed by atoms with Crippen molar-refractivity contribution in [1.29, 1.82) is 5.41 Å². The molecular weight excluding hydrogens is 430 g/mol. The number of amidine groups is 1. The Morgan fingerprint density at radius 2 is 1.69 bits per heavy atom. The van der Waals surface area contributed by atoms with Gasteiger partial charge in [-0.1, -0.05) is 36.4 Å². The van der Waals surface area contributed by atoms with Gasteiger partial charge in [0.1, 0.15) is 5.84 Å². The number of nitrogen functional groups attached to an aromatic ring is 1. The third kappa shape index (κ3) is 4.26. The molecule has 0 amide bonds. The van der Waals surface area contributed by atoms with Crippen molar-refractivity contribution < 1.29 is 9.53 Å². The van der Waals surface area contributed by atoms with E-state index in [1.807, 2.05) is 42.5 Å². The summed E-state index contributed by atoms with van der Waals surface area (Å²) in [6.07, 6.45) is 1.73. The van der Waals surface area contributed by atoms with Crippen LogP contribution in [0.25, 0.3) is 28.0 Å². The van der Waals surface area contributed by atoms with Gasteiger partial charge in [0.25, 0.3) is 0 Å². The van der Waals surface area contributed by atoms with E-state index in [1.54, 1.807) is 24.4 Å². The van der Waals surface area contributed by atoms with Gasteiger partial charge in [0.2, 0.25) is 0 Å². The molecule has 0 radical (unpaired) electrons. The lowest BCUT2D eigenvalue weighted by atomic mass is 10.0. The highest BCUT2D eigenvalue weighted by Crippen LogP contribution is 2.23. The minimum Gasteiger partial charge on any atom is -0.469 e. The Hall–Kier alpha value is -3.91. The molecule has 0 saturated carbocycles. The van der Waals surface area contributed by atoms with Crippen LogP contribution in [-0.2, 0) is 16.1 Å². The number of esters is 1. The second kappa shape index (κ2) is 9.49. The van der Waals surface area contributed by atoms with Crippen LogP contribution in [0.4, 0.5) is 0 Å². The van der Waals surface area contributed by atoms with Crippen LogP contribution < -0.4 is 11.4 Å². The quantitative estimate of drug-likeness (QED) is 0.265. The summed E-state index contributed by atoms with van der Waals surface area (Å²) >= 11 is 0. The van der Waals surface area contributed by atoms with Crippen LogP contribution in [0.2, 0.25) is 0 Å². The van der Waals surface area contributed by atoms with E-state index in [2.05, 4.69) is 4.98 Å². The molecule has 0 aliphatic heterocycles. The molecule has 4 rings (SSSR count). The summed E-state index contributed by atoms with van der Waals surface area (Å²) in [4.78, 5) is 29.1. The molecule has 2 aromatic carbocycles. The van der Waals surface area contributed by atoms with E-state index in [1.165, 1.54) is 16.2 Å². The van der Waals surface area contributed by atoms with Crippen LogP contribution in [-0.4, -0.2) is 33.0 Å². The number of imidazole rings is 1. The van der Waals surface area contributed by atoms with Crippen molar-refractivity contribution in [2.75, 3.05) is 7.11 Å².